The van der Waals surface area contributed by atoms with Gasteiger partial charge in [0, 0.05) is 0 Å². The van der Waals surface area contributed by atoms with Crippen LogP contribution in [0.4, 0.5) is 0 Å². The molecule has 0 atom stereocenters. The third-order valence-corrected chi connectivity index (χ3v) is 2.04. The Labute approximate surface area is 97.5 Å². The molecule has 0 saturated heterocycles. The molecule has 7 heteroatoms. The number of nitrogens with one attached hydrogen (secondary N) is 1. The molecule has 0 aromatic carbocycles. The molecule has 0 bridgehead atoms. The number of aliphatic imine (C=N–C) groups is 1. The van der Waals surface area contributed by atoms with Gasteiger partial charge in [0.2, 0.25) is 0 Å². The molecule has 16 heavy (non-hydrogen) atoms. The number of nitro groups is 1. The first-order valence-corrected chi connectivity index (χ1v) is 5.06. The lowest BCUT2D eigenvalue weighted by Crippen LogP contribution is -2.16. The van der Waals surface area contributed by atoms with Crippen LogP contribution >= 0.6 is 11.6 Å². The SMILES string of the molecule is CC/C(=N/NC1=CCN=C(Cl)C=C1)[N+](=O)[O-]. The van der Waals surface area contributed by atoms with Crippen LogP contribution in [0.3, 0.4) is 0 Å². The molecule has 0 amide bonds. The molecule has 0 saturated carbocycles. The highest BCUT2D eigenvalue weighted by Crippen LogP contribution is 2.01. The minimum atomic E-state index is -0.516. The molecule has 1 N–H and O–H groups in total. The minimum Gasteiger partial charge on any atom is -0.358 e. The van der Waals surface area contributed by atoms with Gasteiger partial charge in [-0.3, -0.25) is 4.99 Å². The van der Waals surface area contributed by atoms with Crippen molar-refractivity contribution in [1.82, 2.24) is 5.43 Å². The molecule has 0 unspecified atom stereocenters. The molecule has 1 aliphatic heterocycles. The van der Waals surface area contributed by atoms with Crippen molar-refractivity contribution in [3.8, 4) is 0 Å². The van der Waals surface area contributed by atoms with Crippen LogP contribution < -0.4 is 5.43 Å². The predicted molar refractivity (Wildman–Crippen MR) is 63.2 cm³/mol. The summed E-state index contributed by atoms with van der Waals surface area (Å²) in [6, 6.07) is 0. The summed E-state index contributed by atoms with van der Waals surface area (Å²) < 4.78 is 0. The molecule has 0 radical (unpaired) electrons. The second-order valence-electron chi connectivity index (χ2n) is 2.91. The van der Waals surface area contributed by atoms with Crippen LogP contribution in [0, 0.1) is 10.1 Å². The highest BCUT2D eigenvalue weighted by atomic mass is 35.5. The third kappa shape index (κ3) is 3.82. The summed E-state index contributed by atoms with van der Waals surface area (Å²) >= 11 is 5.68. The Morgan fingerprint density at radius 2 is 2.50 bits per heavy atom. The largest absolute Gasteiger partial charge is 0.363 e. The molecule has 86 valence electrons. The molecular weight excluding hydrogens is 232 g/mol. The van der Waals surface area contributed by atoms with Gasteiger partial charge in [-0.2, -0.15) is 5.43 Å². The summed E-state index contributed by atoms with van der Waals surface area (Å²) in [5.41, 5.74) is 3.23. The summed E-state index contributed by atoms with van der Waals surface area (Å²) in [5.74, 6) is -0.120. The van der Waals surface area contributed by atoms with Crippen molar-refractivity contribution in [2.24, 2.45) is 10.1 Å². The third-order valence-electron chi connectivity index (χ3n) is 1.79. The van der Waals surface area contributed by atoms with Crippen molar-refractivity contribution in [1.29, 1.82) is 0 Å². The van der Waals surface area contributed by atoms with Crippen molar-refractivity contribution in [2.45, 2.75) is 13.3 Å². The maximum absolute atomic E-state index is 10.5. The first kappa shape index (κ1) is 12.4. The van der Waals surface area contributed by atoms with Crippen LogP contribution in [0.2, 0.25) is 0 Å². The molecule has 1 aliphatic rings. The standard InChI is InChI=1S/C9H11ClN4O2/c1-2-9(14(15)16)13-12-7-3-4-8(10)11-6-5-7/h3-5,12H,2,6H2,1H3/b13-9-. The van der Waals surface area contributed by atoms with E-state index in [1.807, 2.05) is 0 Å². The zero-order valence-electron chi connectivity index (χ0n) is 8.68. The van der Waals surface area contributed by atoms with Crippen molar-refractivity contribution in [3.63, 3.8) is 0 Å². The molecule has 0 aromatic heterocycles. The van der Waals surface area contributed by atoms with E-state index in [1.54, 1.807) is 25.2 Å². The van der Waals surface area contributed by atoms with Crippen molar-refractivity contribution in [2.75, 3.05) is 6.54 Å². The number of allylic oxidation sites excluding steroid dienone is 2. The summed E-state index contributed by atoms with van der Waals surface area (Å²) in [7, 11) is 0. The van der Waals surface area contributed by atoms with Crippen molar-refractivity contribution >= 4 is 22.6 Å². The lowest BCUT2D eigenvalue weighted by Gasteiger charge is -1.96. The fourth-order valence-corrected chi connectivity index (χ4v) is 1.10. The van der Waals surface area contributed by atoms with Crippen molar-refractivity contribution < 1.29 is 4.92 Å². The van der Waals surface area contributed by atoms with Crippen LogP contribution in [0.25, 0.3) is 0 Å². The van der Waals surface area contributed by atoms with E-state index in [4.69, 9.17) is 11.6 Å². The predicted octanol–water partition coefficient (Wildman–Crippen LogP) is 1.67. The van der Waals surface area contributed by atoms with Gasteiger partial charge in [0.15, 0.2) is 0 Å². The van der Waals surface area contributed by atoms with Gasteiger partial charge >= 0.3 is 5.84 Å². The van der Waals surface area contributed by atoms with Crippen LogP contribution in [0.1, 0.15) is 13.3 Å². The van der Waals surface area contributed by atoms with Gasteiger partial charge in [0.1, 0.15) is 5.17 Å². The van der Waals surface area contributed by atoms with E-state index in [2.05, 4.69) is 15.5 Å². The number of hydrogen-bond donors (Lipinski definition) is 1. The zero-order chi connectivity index (χ0) is 12.0. The molecule has 1 rings (SSSR count). The number of nitrogens with zero attached hydrogens (tertiary/aromatic N) is 3. The van der Waals surface area contributed by atoms with E-state index in [-0.39, 0.29) is 12.3 Å². The monoisotopic (exact) mass is 242 g/mol. The van der Waals surface area contributed by atoms with Gasteiger partial charge in [0.05, 0.1) is 23.8 Å². The Bertz CT molecular complexity index is 398. The number of halogens is 1. The summed E-state index contributed by atoms with van der Waals surface area (Å²) in [6.45, 7) is 2.09. The fourth-order valence-electron chi connectivity index (χ4n) is 0.971. The van der Waals surface area contributed by atoms with E-state index in [9.17, 15) is 10.1 Å². The summed E-state index contributed by atoms with van der Waals surface area (Å²) in [4.78, 5) is 13.9. The number of rotatable bonds is 3. The summed E-state index contributed by atoms with van der Waals surface area (Å²) in [5, 5.41) is 14.6. The Hall–Kier alpha value is -1.69. The van der Waals surface area contributed by atoms with Crippen LogP contribution in [-0.2, 0) is 0 Å². The normalized spacial score (nSPS) is 16.2. The average molecular weight is 243 g/mol. The highest BCUT2D eigenvalue weighted by Gasteiger charge is 2.09. The average Bonchev–Trinajstić information content (AvgIpc) is 2.44. The van der Waals surface area contributed by atoms with Gasteiger partial charge in [-0.1, -0.05) is 18.5 Å². The first-order chi connectivity index (χ1) is 7.63. The Morgan fingerprint density at radius 3 is 3.12 bits per heavy atom. The molecule has 0 aromatic rings. The van der Waals surface area contributed by atoms with E-state index in [0.717, 1.165) is 0 Å². The van der Waals surface area contributed by atoms with Gasteiger partial charge in [0.25, 0.3) is 0 Å². The molecule has 6 nitrogen and oxygen atoms in total. The van der Waals surface area contributed by atoms with Gasteiger partial charge in [-0.15, -0.1) is 0 Å². The number of hydrazone groups is 1. The van der Waals surface area contributed by atoms with Crippen LogP contribution in [0.5, 0.6) is 0 Å². The van der Waals surface area contributed by atoms with E-state index >= 15 is 0 Å². The molecule has 0 fully saturated rings. The van der Waals surface area contributed by atoms with Crippen LogP contribution in [0.15, 0.2) is 34.0 Å². The van der Waals surface area contributed by atoms with Gasteiger partial charge < -0.3 is 10.1 Å². The van der Waals surface area contributed by atoms with E-state index in [0.29, 0.717) is 17.4 Å². The zero-order valence-corrected chi connectivity index (χ0v) is 9.44. The van der Waals surface area contributed by atoms with E-state index < -0.39 is 4.92 Å². The first-order valence-electron chi connectivity index (χ1n) is 4.68. The van der Waals surface area contributed by atoms with Gasteiger partial charge in [-0.25, -0.2) is 0 Å². The lowest BCUT2D eigenvalue weighted by atomic mass is 10.4. The second-order valence-corrected chi connectivity index (χ2v) is 3.29. The number of hydrogen-bond acceptors (Lipinski definition) is 5. The Kier molecular flexibility index (Phi) is 4.65. The molecule has 0 aliphatic carbocycles. The quantitative estimate of drug-likeness (QED) is 0.354. The fraction of sp³-hybridized carbons (Fsp3) is 0.333. The topological polar surface area (TPSA) is 79.9 Å². The van der Waals surface area contributed by atoms with Crippen LogP contribution in [-0.4, -0.2) is 22.5 Å². The maximum atomic E-state index is 10.5. The lowest BCUT2D eigenvalue weighted by molar-refractivity contribution is -0.353. The van der Waals surface area contributed by atoms with Crippen molar-refractivity contribution in [3.05, 3.63) is 34.0 Å². The Morgan fingerprint density at radius 1 is 1.75 bits per heavy atom. The number of amidine groups is 1. The van der Waals surface area contributed by atoms with E-state index in [1.165, 1.54) is 0 Å². The minimum absolute atomic E-state index is 0.120. The molecular formula is C9H11ClN4O2. The molecule has 0 spiro atoms. The second kappa shape index (κ2) is 6.02. The summed E-state index contributed by atoms with van der Waals surface area (Å²) in [6.07, 6.45) is 5.26. The highest BCUT2D eigenvalue weighted by molar-refractivity contribution is 6.68. The smallest absolute Gasteiger partial charge is 0.358 e. The molecule has 1 heterocycles. The Balaban J connectivity index is 2.66. The maximum Gasteiger partial charge on any atom is 0.363 e. The van der Waals surface area contributed by atoms with Gasteiger partial charge in [-0.05, 0) is 23.2 Å².